The molecular weight excluding hydrogens is 296 g/mol. The van der Waals surface area contributed by atoms with Gasteiger partial charge in [-0.1, -0.05) is 48.0 Å². The van der Waals surface area contributed by atoms with Crippen molar-refractivity contribution in [3.05, 3.63) is 71.4 Å². The quantitative estimate of drug-likeness (QED) is 0.631. The van der Waals surface area contributed by atoms with Crippen LogP contribution in [0.2, 0.25) is 0 Å². The third kappa shape index (κ3) is 4.05. The van der Waals surface area contributed by atoms with Gasteiger partial charge in [-0.15, -0.1) is 0 Å². The monoisotopic (exact) mass is 322 g/mol. The number of rotatable bonds is 8. The molecule has 0 spiro atoms. The van der Waals surface area contributed by atoms with E-state index < -0.39 is 0 Å². The lowest BCUT2D eigenvalue weighted by atomic mass is 10.1. The van der Waals surface area contributed by atoms with Gasteiger partial charge in [0.15, 0.2) is 0 Å². The fraction of sp³-hybridized carbons (Fsp3) is 0.333. The Kier molecular flexibility index (Phi) is 5.68. The lowest BCUT2D eigenvalue weighted by molar-refractivity contribution is 0.194. The van der Waals surface area contributed by atoms with E-state index in [1.807, 2.05) is 0 Å². The molecule has 0 saturated carbocycles. The molecule has 1 N–H and O–H groups in total. The first-order valence-corrected chi connectivity index (χ1v) is 8.60. The lowest BCUT2D eigenvalue weighted by Crippen LogP contribution is -2.15. The Morgan fingerprint density at radius 1 is 1.08 bits per heavy atom. The number of nitrogens with one attached hydrogen (secondary N) is 1. The molecule has 0 bridgehead atoms. The molecule has 0 radical (unpaired) electrons. The summed E-state index contributed by atoms with van der Waals surface area (Å²) >= 11 is 0. The van der Waals surface area contributed by atoms with Crippen molar-refractivity contribution in [1.29, 1.82) is 0 Å². The van der Waals surface area contributed by atoms with Crippen LogP contribution in [0, 0.1) is 6.92 Å². The van der Waals surface area contributed by atoms with Gasteiger partial charge in [-0.05, 0) is 37.1 Å². The van der Waals surface area contributed by atoms with Gasteiger partial charge in [0, 0.05) is 43.9 Å². The van der Waals surface area contributed by atoms with Crippen molar-refractivity contribution < 1.29 is 4.74 Å². The van der Waals surface area contributed by atoms with E-state index in [0.717, 1.165) is 32.7 Å². The Hall–Kier alpha value is -2.10. The van der Waals surface area contributed by atoms with Crippen molar-refractivity contribution in [3.63, 3.8) is 0 Å². The number of ether oxygens (including phenoxy) is 1. The molecule has 0 aliphatic rings. The van der Waals surface area contributed by atoms with Crippen molar-refractivity contribution in [2.45, 2.75) is 26.4 Å². The molecule has 24 heavy (non-hydrogen) atoms. The van der Waals surface area contributed by atoms with Crippen molar-refractivity contribution in [3.8, 4) is 0 Å². The largest absolute Gasteiger partial charge is 0.385 e. The molecule has 3 rings (SSSR count). The number of methoxy groups -OCH3 is 1. The second-order valence-corrected chi connectivity index (χ2v) is 6.31. The van der Waals surface area contributed by atoms with E-state index in [0.29, 0.717) is 0 Å². The second-order valence-electron chi connectivity index (χ2n) is 6.31. The minimum atomic E-state index is 0.808. The predicted octanol–water partition coefficient (Wildman–Crippen LogP) is 4.12. The second kappa shape index (κ2) is 8.13. The number of benzene rings is 2. The molecule has 0 saturated heterocycles. The van der Waals surface area contributed by atoms with Gasteiger partial charge >= 0.3 is 0 Å². The number of hydrogen-bond acceptors (Lipinski definition) is 2. The molecule has 1 aromatic heterocycles. The minimum Gasteiger partial charge on any atom is -0.385 e. The van der Waals surface area contributed by atoms with Crippen molar-refractivity contribution >= 4 is 10.9 Å². The smallest absolute Gasteiger partial charge is 0.0486 e. The molecule has 3 nitrogen and oxygen atoms in total. The molecule has 0 fully saturated rings. The lowest BCUT2D eigenvalue weighted by Gasteiger charge is -2.06. The third-order valence-electron chi connectivity index (χ3n) is 4.32. The van der Waals surface area contributed by atoms with Crippen LogP contribution in [-0.4, -0.2) is 24.8 Å². The van der Waals surface area contributed by atoms with Gasteiger partial charge in [0.25, 0.3) is 0 Å². The summed E-state index contributed by atoms with van der Waals surface area (Å²) in [6.45, 7) is 5.73. The molecule has 126 valence electrons. The van der Waals surface area contributed by atoms with Crippen LogP contribution in [0.25, 0.3) is 10.9 Å². The molecule has 2 aromatic carbocycles. The van der Waals surface area contributed by atoms with Gasteiger partial charge in [-0.2, -0.15) is 0 Å². The Morgan fingerprint density at radius 3 is 2.79 bits per heavy atom. The van der Waals surface area contributed by atoms with Crippen LogP contribution >= 0.6 is 0 Å². The number of aromatic nitrogens is 1. The van der Waals surface area contributed by atoms with Gasteiger partial charge in [0.05, 0.1) is 0 Å². The van der Waals surface area contributed by atoms with Crippen LogP contribution in [0.4, 0.5) is 0 Å². The van der Waals surface area contributed by atoms with Crippen LogP contribution in [0.15, 0.2) is 54.7 Å². The van der Waals surface area contributed by atoms with Gasteiger partial charge in [0.2, 0.25) is 0 Å². The van der Waals surface area contributed by atoms with E-state index in [1.54, 1.807) is 7.11 Å². The fourth-order valence-corrected chi connectivity index (χ4v) is 3.17. The highest BCUT2D eigenvalue weighted by molar-refractivity contribution is 5.84. The summed E-state index contributed by atoms with van der Waals surface area (Å²) in [7, 11) is 1.75. The average Bonchev–Trinajstić information content (AvgIpc) is 2.93. The molecule has 3 heteroatoms. The average molecular weight is 322 g/mol. The molecule has 0 amide bonds. The summed E-state index contributed by atoms with van der Waals surface area (Å²) in [5.74, 6) is 0. The zero-order chi connectivity index (χ0) is 16.8. The van der Waals surface area contributed by atoms with Gasteiger partial charge in [-0.3, -0.25) is 0 Å². The highest BCUT2D eigenvalue weighted by atomic mass is 16.5. The third-order valence-corrected chi connectivity index (χ3v) is 4.32. The van der Waals surface area contributed by atoms with E-state index >= 15 is 0 Å². The van der Waals surface area contributed by atoms with Crippen molar-refractivity contribution in [2.24, 2.45) is 0 Å². The van der Waals surface area contributed by atoms with Crippen LogP contribution in [0.1, 0.15) is 23.1 Å². The number of fused-ring (bicyclic) bond motifs is 1. The molecule has 3 aromatic rings. The van der Waals surface area contributed by atoms with E-state index in [1.165, 1.54) is 27.6 Å². The molecule has 0 atom stereocenters. The Labute approximate surface area is 144 Å². The fourth-order valence-electron chi connectivity index (χ4n) is 3.17. The number of para-hydroxylation sites is 1. The topological polar surface area (TPSA) is 26.2 Å². The summed E-state index contributed by atoms with van der Waals surface area (Å²) in [4.78, 5) is 0. The van der Waals surface area contributed by atoms with Crippen molar-refractivity contribution in [1.82, 2.24) is 9.88 Å². The first kappa shape index (κ1) is 16.7. The van der Waals surface area contributed by atoms with Gasteiger partial charge < -0.3 is 14.6 Å². The summed E-state index contributed by atoms with van der Waals surface area (Å²) in [5.41, 5.74) is 5.31. The summed E-state index contributed by atoms with van der Waals surface area (Å²) in [6, 6.07) is 17.4. The molecular formula is C21H26N2O. The summed E-state index contributed by atoms with van der Waals surface area (Å²) in [6.07, 6.45) is 3.33. The van der Waals surface area contributed by atoms with Crippen LogP contribution in [0.3, 0.4) is 0 Å². The van der Waals surface area contributed by atoms with Crippen LogP contribution in [-0.2, 0) is 17.8 Å². The highest BCUT2D eigenvalue weighted by Gasteiger charge is 2.08. The Balaban J connectivity index is 1.78. The summed E-state index contributed by atoms with van der Waals surface area (Å²) in [5, 5.41) is 4.86. The van der Waals surface area contributed by atoms with Crippen LogP contribution in [0.5, 0.6) is 0 Å². The van der Waals surface area contributed by atoms with E-state index in [-0.39, 0.29) is 0 Å². The maximum atomic E-state index is 5.10. The predicted molar refractivity (Wildman–Crippen MR) is 100 cm³/mol. The number of hydrogen-bond donors (Lipinski definition) is 1. The van der Waals surface area contributed by atoms with Crippen molar-refractivity contribution in [2.75, 3.05) is 20.3 Å². The first-order valence-electron chi connectivity index (χ1n) is 8.60. The van der Waals surface area contributed by atoms with E-state index in [9.17, 15) is 0 Å². The first-order chi connectivity index (χ1) is 11.8. The maximum Gasteiger partial charge on any atom is 0.0486 e. The molecule has 0 unspecified atom stereocenters. The zero-order valence-corrected chi connectivity index (χ0v) is 14.6. The standard InChI is InChI=1S/C21H26N2O/c1-17-7-5-8-18(13-17)15-23-16-19(14-22-11-6-12-24-2)20-9-3-4-10-21(20)23/h3-5,7-10,13,16,22H,6,11-12,14-15H2,1-2H3. The summed E-state index contributed by atoms with van der Waals surface area (Å²) < 4.78 is 7.46. The van der Waals surface area contributed by atoms with E-state index in [4.69, 9.17) is 4.74 Å². The van der Waals surface area contributed by atoms with Gasteiger partial charge in [-0.25, -0.2) is 0 Å². The molecule has 1 heterocycles. The molecule has 0 aliphatic heterocycles. The Morgan fingerprint density at radius 2 is 1.96 bits per heavy atom. The molecule has 0 aliphatic carbocycles. The minimum absolute atomic E-state index is 0.808. The normalized spacial score (nSPS) is 11.2. The zero-order valence-electron chi connectivity index (χ0n) is 14.6. The SMILES string of the molecule is COCCCNCc1cn(Cc2cccc(C)c2)c2ccccc12. The Bertz CT molecular complexity index is 791. The van der Waals surface area contributed by atoms with Gasteiger partial charge in [0.1, 0.15) is 0 Å². The number of nitrogens with zero attached hydrogens (tertiary/aromatic N) is 1. The highest BCUT2D eigenvalue weighted by Crippen LogP contribution is 2.22. The van der Waals surface area contributed by atoms with E-state index in [2.05, 4.69) is 71.5 Å². The number of aryl methyl sites for hydroxylation is 1. The maximum absolute atomic E-state index is 5.10. The van der Waals surface area contributed by atoms with Crippen LogP contribution < -0.4 is 5.32 Å².